The first-order valence-electron chi connectivity index (χ1n) is 8.90. The van der Waals surface area contributed by atoms with E-state index in [4.69, 9.17) is 34.1 Å². The molecule has 0 aliphatic heterocycles. The number of nitrogens with zero attached hydrogens (tertiary/aromatic N) is 3. The summed E-state index contributed by atoms with van der Waals surface area (Å²) in [5.74, 6) is 0.646. The lowest BCUT2D eigenvalue weighted by Gasteiger charge is -2.13. The summed E-state index contributed by atoms with van der Waals surface area (Å²) in [5, 5.41) is 16.4. The molecule has 0 aliphatic rings. The number of anilines is 2. The maximum atomic E-state index is 8.91. The molecule has 0 bridgehead atoms. The Bertz CT molecular complexity index is 1210. The zero-order valence-electron chi connectivity index (χ0n) is 15.3. The summed E-state index contributed by atoms with van der Waals surface area (Å²) < 4.78 is 2.07. The summed E-state index contributed by atoms with van der Waals surface area (Å²) in [4.78, 5) is 4.69. The van der Waals surface area contributed by atoms with Crippen molar-refractivity contribution in [1.82, 2.24) is 9.55 Å². The van der Waals surface area contributed by atoms with Crippen molar-refractivity contribution in [1.29, 1.82) is 5.26 Å². The molecule has 0 amide bonds. The number of aromatic nitrogens is 2. The number of nitriles is 1. The first-order valence-corrected chi connectivity index (χ1v) is 9.69. The minimum Gasteiger partial charge on any atom is -0.332 e. The van der Waals surface area contributed by atoms with Gasteiger partial charge >= 0.3 is 0 Å². The maximum Gasteiger partial charge on any atom is 0.210 e. The van der Waals surface area contributed by atoms with Crippen molar-refractivity contribution in [2.24, 2.45) is 0 Å². The Balaban J connectivity index is 1.59. The Kier molecular flexibility index (Phi) is 5.43. The van der Waals surface area contributed by atoms with Crippen molar-refractivity contribution in [3.05, 3.63) is 88.9 Å². The van der Waals surface area contributed by atoms with Gasteiger partial charge in [0.1, 0.15) is 0 Å². The van der Waals surface area contributed by atoms with Gasteiger partial charge in [-0.15, -0.1) is 0 Å². The van der Waals surface area contributed by atoms with E-state index in [9.17, 15) is 0 Å². The Morgan fingerprint density at radius 2 is 1.72 bits per heavy atom. The minimum atomic E-state index is 0.419. The molecule has 0 spiro atoms. The molecular formula is C22H16ClN5S. The monoisotopic (exact) mass is 417 g/mol. The second-order valence-corrected chi connectivity index (χ2v) is 7.25. The number of thiocarbonyl (C=S) groups is 1. The van der Waals surface area contributed by atoms with E-state index >= 15 is 0 Å². The Hall–Kier alpha value is -3.40. The molecule has 0 saturated heterocycles. The van der Waals surface area contributed by atoms with Gasteiger partial charge in [0.25, 0.3) is 0 Å². The van der Waals surface area contributed by atoms with Crippen LogP contribution in [0.25, 0.3) is 11.0 Å². The van der Waals surface area contributed by atoms with Gasteiger partial charge in [0.05, 0.1) is 29.2 Å². The fourth-order valence-corrected chi connectivity index (χ4v) is 3.33. The number of nitrogens with one attached hydrogen (secondary N) is 2. The van der Waals surface area contributed by atoms with Gasteiger partial charge in [-0.25, -0.2) is 4.98 Å². The Morgan fingerprint density at radius 3 is 2.45 bits per heavy atom. The van der Waals surface area contributed by atoms with Crippen molar-refractivity contribution >= 4 is 51.6 Å². The van der Waals surface area contributed by atoms with Crippen LogP contribution in [-0.4, -0.2) is 14.7 Å². The van der Waals surface area contributed by atoms with Gasteiger partial charge in [0.15, 0.2) is 5.11 Å². The number of hydrogen-bond acceptors (Lipinski definition) is 3. The molecule has 7 heteroatoms. The van der Waals surface area contributed by atoms with Gasteiger partial charge in [-0.3, -0.25) is 0 Å². The van der Waals surface area contributed by atoms with E-state index in [1.807, 2.05) is 60.7 Å². The predicted octanol–water partition coefficient (Wildman–Crippen LogP) is 5.42. The van der Waals surface area contributed by atoms with Gasteiger partial charge < -0.3 is 15.2 Å². The number of hydrogen-bond donors (Lipinski definition) is 2. The number of para-hydroxylation sites is 2. The summed E-state index contributed by atoms with van der Waals surface area (Å²) >= 11 is 11.5. The van der Waals surface area contributed by atoms with Crippen molar-refractivity contribution in [2.75, 3.05) is 10.6 Å². The van der Waals surface area contributed by atoms with Crippen molar-refractivity contribution < 1.29 is 0 Å². The van der Waals surface area contributed by atoms with E-state index in [1.165, 1.54) is 0 Å². The van der Waals surface area contributed by atoms with E-state index in [1.54, 1.807) is 12.1 Å². The number of rotatable bonds is 4. The van der Waals surface area contributed by atoms with Crippen LogP contribution in [0.15, 0.2) is 72.8 Å². The first-order chi connectivity index (χ1) is 14.1. The van der Waals surface area contributed by atoms with Crippen LogP contribution >= 0.6 is 23.8 Å². The third-order valence-electron chi connectivity index (χ3n) is 4.41. The quantitative estimate of drug-likeness (QED) is 0.434. The summed E-state index contributed by atoms with van der Waals surface area (Å²) in [6, 6.07) is 24.9. The smallest absolute Gasteiger partial charge is 0.210 e. The van der Waals surface area contributed by atoms with Gasteiger partial charge in [0, 0.05) is 10.7 Å². The van der Waals surface area contributed by atoms with Crippen LogP contribution in [0.2, 0.25) is 5.02 Å². The molecule has 0 atom stereocenters. The van der Waals surface area contributed by atoms with E-state index in [2.05, 4.69) is 21.3 Å². The van der Waals surface area contributed by atoms with Crippen LogP contribution in [0.3, 0.4) is 0 Å². The van der Waals surface area contributed by atoms with E-state index < -0.39 is 0 Å². The number of imidazole rings is 1. The molecule has 0 fully saturated rings. The summed E-state index contributed by atoms with van der Waals surface area (Å²) in [6.45, 7) is 0.624. The highest BCUT2D eigenvalue weighted by atomic mass is 35.5. The SMILES string of the molecule is N#Cc1ccc(NC(=S)Nc2nc3ccccc3n2Cc2ccc(Cl)cc2)cc1. The van der Waals surface area contributed by atoms with E-state index in [0.717, 1.165) is 22.3 Å². The summed E-state index contributed by atoms with van der Waals surface area (Å²) in [5.41, 5.74) is 4.38. The van der Waals surface area contributed by atoms with Gasteiger partial charge in [0.2, 0.25) is 5.95 Å². The molecule has 1 heterocycles. The second kappa shape index (κ2) is 8.31. The zero-order valence-corrected chi connectivity index (χ0v) is 16.8. The highest BCUT2D eigenvalue weighted by Crippen LogP contribution is 2.22. The van der Waals surface area contributed by atoms with Crippen LogP contribution in [-0.2, 0) is 6.54 Å². The van der Waals surface area contributed by atoms with Crippen molar-refractivity contribution in [2.45, 2.75) is 6.54 Å². The molecule has 0 unspecified atom stereocenters. The van der Waals surface area contributed by atoms with Crippen LogP contribution in [0.4, 0.5) is 11.6 Å². The zero-order chi connectivity index (χ0) is 20.2. The second-order valence-electron chi connectivity index (χ2n) is 6.41. The Morgan fingerprint density at radius 1 is 1.00 bits per heavy atom. The molecule has 1 aromatic heterocycles. The molecule has 4 rings (SSSR count). The van der Waals surface area contributed by atoms with E-state index in [-0.39, 0.29) is 0 Å². The predicted molar refractivity (Wildman–Crippen MR) is 121 cm³/mol. The average molecular weight is 418 g/mol. The summed E-state index contributed by atoms with van der Waals surface area (Å²) in [6.07, 6.45) is 0. The number of benzene rings is 3. The Labute approximate surface area is 178 Å². The van der Waals surface area contributed by atoms with Crippen LogP contribution < -0.4 is 10.6 Å². The molecule has 5 nitrogen and oxygen atoms in total. The molecule has 0 radical (unpaired) electrons. The molecular weight excluding hydrogens is 402 g/mol. The molecule has 142 valence electrons. The van der Waals surface area contributed by atoms with Gasteiger partial charge in [-0.1, -0.05) is 35.9 Å². The molecule has 0 saturated carbocycles. The molecule has 3 aromatic carbocycles. The topological polar surface area (TPSA) is 65.7 Å². The van der Waals surface area contributed by atoms with Crippen LogP contribution in [0.1, 0.15) is 11.1 Å². The van der Waals surface area contributed by atoms with Crippen molar-refractivity contribution in [3.63, 3.8) is 0 Å². The van der Waals surface area contributed by atoms with Gasteiger partial charge in [-0.05, 0) is 66.3 Å². The lowest BCUT2D eigenvalue weighted by atomic mass is 10.2. The molecule has 2 N–H and O–H groups in total. The summed E-state index contributed by atoms with van der Waals surface area (Å²) in [7, 11) is 0. The fraction of sp³-hybridized carbons (Fsp3) is 0.0455. The lowest BCUT2D eigenvalue weighted by molar-refractivity contribution is 0.837. The first kappa shape index (κ1) is 18.9. The standard InChI is InChI=1S/C22H16ClN5S/c23-17-9-5-16(6-10-17)14-28-20-4-2-1-3-19(20)26-21(28)27-22(29)25-18-11-7-15(13-24)8-12-18/h1-12H,14H2,(H2,25,26,27,29). The third-order valence-corrected chi connectivity index (χ3v) is 4.86. The molecule has 29 heavy (non-hydrogen) atoms. The maximum absolute atomic E-state index is 8.91. The van der Waals surface area contributed by atoms with Crippen molar-refractivity contribution in [3.8, 4) is 6.07 Å². The van der Waals surface area contributed by atoms with Crippen LogP contribution in [0, 0.1) is 11.3 Å². The largest absolute Gasteiger partial charge is 0.332 e. The normalized spacial score (nSPS) is 10.5. The fourth-order valence-electron chi connectivity index (χ4n) is 3.00. The molecule has 0 aliphatic carbocycles. The number of fused-ring (bicyclic) bond motifs is 1. The van der Waals surface area contributed by atoms with E-state index in [0.29, 0.717) is 28.2 Å². The number of halogens is 1. The highest BCUT2D eigenvalue weighted by molar-refractivity contribution is 7.80. The minimum absolute atomic E-state index is 0.419. The highest BCUT2D eigenvalue weighted by Gasteiger charge is 2.12. The average Bonchev–Trinajstić information content (AvgIpc) is 3.07. The van der Waals surface area contributed by atoms with Crippen LogP contribution in [0.5, 0.6) is 0 Å². The third kappa shape index (κ3) is 4.37. The molecule has 4 aromatic rings. The lowest BCUT2D eigenvalue weighted by Crippen LogP contribution is -2.21. The van der Waals surface area contributed by atoms with Gasteiger partial charge in [-0.2, -0.15) is 5.26 Å².